The van der Waals surface area contributed by atoms with E-state index >= 15 is 0 Å². The summed E-state index contributed by atoms with van der Waals surface area (Å²) in [6.07, 6.45) is 8.92. The van der Waals surface area contributed by atoms with Gasteiger partial charge in [0.1, 0.15) is 6.04 Å². The van der Waals surface area contributed by atoms with Crippen LogP contribution in [0.5, 0.6) is 0 Å². The monoisotopic (exact) mass is 582 g/mol. The molecule has 2 saturated carbocycles. The summed E-state index contributed by atoms with van der Waals surface area (Å²) in [7, 11) is 1.81. The molecule has 1 saturated heterocycles. The summed E-state index contributed by atoms with van der Waals surface area (Å²) in [4.78, 5) is 60.2. The van der Waals surface area contributed by atoms with Crippen molar-refractivity contribution in [2.45, 2.75) is 50.6 Å². The number of rotatable bonds is 10. The molecule has 2 aliphatic carbocycles. The van der Waals surface area contributed by atoms with Gasteiger partial charge in [-0.15, -0.1) is 0 Å². The number of benzene rings is 1. The summed E-state index contributed by atoms with van der Waals surface area (Å²) in [5, 5.41) is 16.3. The van der Waals surface area contributed by atoms with Gasteiger partial charge in [0.25, 0.3) is 11.8 Å². The van der Waals surface area contributed by atoms with E-state index in [-0.39, 0.29) is 30.0 Å². The fraction of sp³-hybridized carbons (Fsp3) is 0.387. The number of nitrogens with one attached hydrogen (secondary N) is 4. The number of allylic oxidation sites excluding steroid dienone is 2. The number of aliphatic imine (C=N–C) groups is 1. The molecule has 12 nitrogen and oxygen atoms in total. The van der Waals surface area contributed by atoms with Crippen LogP contribution in [0.25, 0.3) is 5.57 Å². The van der Waals surface area contributed by atoms with E-state index in [1.807, 2.05) is 19.3 Å². The minimum atomic E-state index is -0.980. The van der Waals surface area contributed by atoms with Crippen LogP contribution in [0, 0.1) is 17.2 Å². The highest BCUT2D eigenvalue weighted by molar-refractivity contribution is 6.23. The van der Waals surface area contributed by atoms with E-state index in [9.17, 15) is 19.2 Å². The lowest BCUT2D eigenvalue weighted by molar-refractivity contribution is -0.136. The molecule has 4 aliphatic rings. The van der Waals surface area contributed by atoms with Crippen molar-refractivity contribution in [1.29, 1.82) is 5.41 Å². The second-order valence-electron chi connectivity index (χ2n) is 11.6. The summed E-state index contributed by atoms with van der Waals surface area (Å²) < 4.78 is 0. The van der Waals surface area contributed by atoms with E-state index in [2.05, 4.69) is 20.9 Å². The summed E-state index contributed by atoms with van der Waals surface area (Å²) in [5.74, 6) is -1.31. The standard InChI is InChI=1S/C31H34N8O4/c1-34-24-11-25(37-14-18(24)12-32)23(28(33)17-2-3-17)15-36-20-8-16(9-20)13-35-19-4-5-21-22(10-19)31(43)39(30(21)42)26-6-7-27(40)38-29(26)41/h4-5,10-12,14-17,20,26,32,35H,2-3,6-9,13,33H2,1H3,(H,34,37)(H,38,40,41). The van der Waals surface area contributed by atoms with E-state index in [0.717, 1.165) is 58.9 Å². The highest BCUT2D eigenvalue weighted by atomic mass is 16.2. The number of nitrogens with zero attached hydrogens (tertiary/aromatic N) is 3. The minimum Gasteiger partial charge on any atom is -0.401 e. The SMILES string of the molecule is CNc1cc(C(C=NC2CC(CNc3ccc4c(c3)C(=O)N(C3CCC(=O)NC3=O)C4=O)C2)=C(N)C2CC2)ncc1C=N. The first kappa shape index (κ1) is 28.3. The van der Waals surface area contributed by atoms with Crippen LogP contribution in [0.4, 0.5) is 11.4 Å². The van der Waals surface area contributed by atoms with Crippen LogP contribution in [0.3, 0.4) is 0 Å². The summed E-state index contributed by atoms with van der Waals surface area (Å²) in [6, 6.07) is 6.12. The molecule has 12 heteroatoms. The second-order valence-corrected chi connectivity index (χ2v) is 11.6. The number of carbonyl (C=O) groups is 4. The van der Waals surface area contributed by atoms with Gasteiger partial charge in [0.05, 0.1) is 22.9 Å². The van der Waals surface area contributed by atoms with E-state index < -0.39 is 29.7 Å². The summed E-state index contributed by atoms with van der Waals surface area (Å²) >= 11 is 0. The lowest BCUT2D eigenvalue weighted by atomic mass is 9.80. The first-order valence-corrected chi connectivity index (χ1v) is 14.6. The molecule has 1 aromatic heterocycles. The van der Waals surface area contributed by atoms with Gasteiger partial charge in [-0.2, -0.15) is 0 Å². The van der Waals surface area contributed by atoms with Crippen LogP contribution in [0.15, 0.2) is 41.2 Å². The van der Waals surface area contributed by atoms with Crippen molar-refractivity contribution in [2.24, 2.45) is 22.6 Å². The first-order chi connectivity index (χ1) is 20.8. The zero-order chi connectivity index (χ0) is 30.2. The summed E-state index contributed by atoms with van der Waals surface area (Å²) in [6.45, 7) is 0.689. The molecule has 2 aromatic rings. The molecule has 0 bridgehead atoms. The Hall–Kier alpha value is -4.87. The van der Waals surface area contributed by atoms with Crippen molar-refractivity contribution in [3.63, 3.8) is 0 Å². The molecule has 6 N–H and O–H groups in total. The molecular formula is C31H34N8O4. The normalized spacial score (nSPS) is 23.9. The topological polar surface area (TPSA) is 183 Å². The number of hydrogen-bond acceptors (Lipinski definition) is 10. The molecule has 4 amide bonds. The number of pyridine rings is 1. The Morgan fingerprint density at radius 1 is 1.14 bits per heavy atom. The molecular weight excluding hydrogens is 548 g/mol. The maximum atomic E-state index is 13.1. The molecule has 1 atom stereocenters. The Balaban J connectivity index is 1.06. The molecule has 1 unspecified atom stereocenters. The van der Waals surface area contributed by atoms with Crippen LogP contribution >= 0.6 is 0 Å². The number of piperidine rings is 1. The Kier molecular flexibility index (Phi) is 7.51. The lowest BCUT2D eigenvalue weighted by Crippen LogP contribution is -2.54. The van der Waals surface area contributed by atoms with Crippen molar-refractivity contribution in [3.8, 4) is 0 Å². The van der Waals surface area contributed by atoms with Gasteiger partial charge in [0, 0.05) is 66.8 Å². The first-order valence-electron chi connectivity index (χ1n) is 14.6. The molecule has 3 fully saturated rings. The van der Waals surface area contributed by atoms with Crippen LogP contribution < -0.4 is 21.7 Å². The Morgan fingerprint density at radius 3 is 2.60 bits per heavy atom. The number of fused-ring (bicyclic) bond motifs is 1. The van der Waals surface area contributed by atoms with Crippen LogP contribution in [0.1, 0.15) is 70.5 Å². The van der Waals surface area contributed by atoms with Crippen LogP contribution in [-0.4, -0.2) is 71.6 Å². The molecule has 222 valence electrons. The predicted octanol–water partition coefficient (Wildman–Crippen LogP) is 2.56. The number of nitrogens with two attached hydrogens (primary N) is 1. The fourth-order valence-corrected chi connectivity index (χ4v) is 5.86. The Bertz CT molecular complexity index is 1590. The number of anilines is 2. The van der Waals surface area contributed by atoms with Gasteiger partial charge in [-0.1, -0.05) is 0 Å². The van der Waals surface area contributed by atoms with Gasteiger partial charge in [-0.25, -0.2) is 0 Å². The van der Waals surface area contributed by atoms with Gasteiger partial charge in [-0.05, 0) is 68.2 Å². The van der Waals surface area contributed by atoms with Crippen LogP contribution in [0.2, 0.25) is 0 Å². The van der Waals surface area contributed by atoms with Crippen LogP contribution in [-0.2, 0) is 9.59 Å². The third kappa shape index (κ3) is 5.52. The number of carbonyl (C=O) groups excluding carboxylic acids is 4. The van der Waals surface area contributed by atoms with E-state index in [1.165, 1.54) is 6.21 Å². The van der Waals surface area contributed by atoms with Gasteiger partial charge in [0.2, 0.25) is 11.8 Å². The average molecular weight is 583 g/mol. The van der Waals surface area contributed by atoms with E-state index in [1.54, 1.807) is 24.4 Å². The van der Waals surface area contributed by atoms with Gasteiger partial charge in [-0.3, -0.25) is 39.4 Å². The largest absolute Gasteiger partial charge is 0.401 e. The van der Waals surface area contributed by atoms with Crippen molar-refractivity contribution in [2.75, 3.05) is 24.2 Å². The Morgan fingerprint density at radius 2 is 1.91 bits per heavy atom. The molecule has 43 heavy (non-hydrogen) atoms. The third-order valence-corrected chi connectivity index (χ3v) is 8.62. The second kappa shape index (κ2) is 11.4. The third-order valence-electron chi connectivity index (χ3n) is 8.62. The maximum absolute atomic E-state index is 13.1. The smallest absolute Gasteiger partial charge is 0.262 e. The lowest BCUT2D eigenvalue weighted by Gasteiger charge is -2.33. The minimum absolute atomic E-state index is 0.0847. The maximum Gasteiger partial charge on any atom is 0.262 e. The van der Waals surface area contributed by atoms with Gasteiger partial charge in [0.15, 0.2) is 0 Å². The average Bonchev–Trinajstić information content (AvgIpc) is 3.81. The van der Waals surface area contributed by atoms with Gasteiger partial charge < -0.3 is 21.8 Å². The predicted molar refractivity (Wildman–Crippen MR) is 162 cm³/mol. The number of imide groups is 2. The molecule has 0 spiro atoms. The zero-order valence-corrected chi connectivity index (χ0v) is 23.9. The van der Waals surface area contributed by atoms with Crippen molar-refractivity contribution >= 4 is 53.0 Å². The Labute approximate surface area is 248 Å². The van der Waals surface area contributed by atoms with Gasteiger partial charge >= 0.3 is 0 Å². The molecule has 2 aliphatic heterocycles. The number of hydrogen-bond donors (Lipinski definition) is 5. The molecule has 6 rings (SSSR count). The van der Waals surface area contributed by atoms with Crippen molar-refractivity contribution in [1.82, 2.24) is 15.2 Å². The highest BCUT2D eigenvalue weighted by Gasteiger charge is 2.44. The van der Waals surface area contributed by atoms with Crippen molar-refractivity contribution in [3.05, 3.63) is 58.5 Å². The zero-order valence-electron chi connectivity index (χ0n) is 23.9. The molecule has 0 radical (unpaired) electrons. The number of aromatic nitrogens is 1. The number of amides is 4. The van der Waals surface area contributed by atoms with Crippen molar-refractivity contribution < 1.29 is 19.2 Å². The quantitative estimate of drug-likeness (QED) is 0.209. The van der Waals surface area contributed by atoms with E-state index in [0.29, 0.717) is 23.9 Å². The van der Waals surface area contributed by atoms with E-state index in [4.69, 9.17) is 16.1 Å². The fourth-order valence-electron chi connectivity index (χ4n) is 5.86. The highest BCUT2D eigenvalue weighted by Crippen LogP contribution is 2.38. The summed E-state index contributed by atoms with van der Waals surface area (Å²) in [5.41, 5.74) is 11.6. The molecule has 3 heterocycles. The molecule has 1 aromatic carbocycles.